The van der Waals surface area contributed by atoms with Crippen LogP contribution < -0.4 is 5.32 Å². The molecule has 0 spiro atoms. The van der Waals surface area contributed by atoms with Crippen LogP contribution in [0.15, 0.2) is 4.99 Å². The van der Waals surface area contributed by atoms with Gasteiger partial charge >= 0.3 is 0 Å². The molecule has 0 aromatic rings. The first-order chi connectivity index (χ1) is 9.62. The molecule has 0 saturated carbocycles. The van der Waals surface area contributed by atoms with Gasteiger partial charge in [-0.15, -0.1) is 0 Å². The van der Waals surface area contributed by atoms with E-state index in [2.05, 4.69) is 43.0 Å². The average molecular weight is 286 g/mol. The van der Waals surface area contributed by atoms with Crippen molar-refractivity contribution < 1.29 is 0 Å². The summed E-state index contributed by atoms with van der Waals surface area (Å²) in [4.78, 5) is 6.36. The van der Waals surface area contributed by atoms with Crippen molar-refractivity contribution in [1.29, 1.82) is 0 Å². The van der Waals surface area contributed by atoms with E-state index in [1.54, 1.807) is 0 Å². The van der Waals surface area contributed by atoms with Gasteiger partial charge in [-0.3, -0.25) is 4.99 Å². The van der Waals surface area contributed by atoms with E-state index < -0.39 is 0 Å². The first kappa shape index (κ1) is 21.9. The Labute approximate surface area is 128 Å². The number of nitrogens with zero attached hydrogens (tertiary/aromatic N) is 2. The number of nitrogens with one attached hydrogen (secondary N) is 1. The van der Waals surface area contributed by atoms with Crippen LogP contribution in [0.25, 0.3) is 0 Å². The van der Waals surface area contributed by atoms with E-state index in [9.17, 15) is 0 Å². The lowest BCUT2D eigenvalue weighted by atomic mass is 10.2. The number of rotatable bonds is 11. The molecule has 0 amide bonds. The summed E-state index contributed by atoms with van der Waals surface area (Å²) in [6.07, 6.45) is 7.83. The molecule has 0 bridgehead atoms. The molecule has 0 aromatic carbocycles. The fourth-order valence-electron chi connectivity index (χ4n) is 1.81. The molecule has 3 heteroatoms. The minimum absolute atomic E-state index is 1.08. The van der Waals surface area contributed by atoms with Crippen molar-refractivity contribution in [3.8, 4) is 0 Å². The molecule has 0 aromatic heterocycles. The van der Waals surface area contributed by atoms with Gasteiger partial charge in [-0.25, -0.2) is 0 Å². The maximum Gasteiger partial charge on any atom is 0.0276 e. The lowest BCUT2D eigenvalue weighted by molar-refractivity contribution is 0.324. The highest BCUT2D eigenvalue weighted by atomic mass is 15.1. The number of unbranched alkanes of at least 4 members (excludes halogenated alkanes) is 3. The summed E-state index contributed by atoms with van der Waals surface area (Å²) in [5, 5.41) is 3.36. The Bertz CT molecular complexity index is 202. The summed E-state index contributed by atoms with van der Waals surface area (Å²) in [5.41, 5.74) is 1.22. The first-order valence-electron chi connectivity index (χ1n) is 8.43. The van der Waals surface area contributed by atoms with Crippen molar-refractivity contribution in [3.05, 3.63) is 0 Å². The monoisotopic (exact) mass is 285 g/mol. The van der Waals surface area contributed by atoms with Crippen molar-refractivity contribution in [1.82, 2.24) is 10.2 Å². The smallest absolute Gasteiger partial charge is 0.0276 e. The van der Waals surface area contributed by atoms with Crippen molar-refractivity contribution in [3.63, 3.8) is 0 Å². The van der Waals surface area contributed by atoms with Gasteiger partial charge in [0.15, 0.2) is 0 Å². The average Bonchev–Trinajstić information content (AvgIpc) is 2.46. The van der Waals surface area contributed by atoms with Crippen molar-refractivity contribution in [2.45, 2.75) is 66.2 Å². The Morgan fingerprint density at radius 2 is 1.65 bits per heavy atom. The first-order valence-corrected chi connectivity index (χ1v) is 8.43. The molecule has 0 aliphatic rings. The third-order valence-electron chi connectivity index (χ3n) is 3.39. The molecule has 0 aliphatic heterocycles. The van der Waals surface area contributed by atoms with E-state index in [1.165, 1.54) is 57.5 Å². The van der Waals surface area contributed by atoms with Crippen LogP contribution in [0, 0.1) is 0 Å². The van der Waals surface area contributed by atoms with E-state index in [-0.39, 0.29) is 0 Å². The zero-order valence-electron chi connectivity index (χ0n) is 15.0. The molecule has 20 heavy (non-hydrogen) atoms. The van der Waals surface area contributed by atoms with Crippen LogP contribution in [0.1, 0.15) is 66.2 Å². The van der Waals surface area contributed by atoms with Crippen LogP contribution in [0.3, 0.4) is 0 Å². The lowest BCUT2D eigenvalue weighted by Crippen LogP contribution is -2.20. The quantitative estimate of drug-likeness (QED) is 0.459. The second-order valence-electron chi connectivity index (χ2n) is 5.38. The molecule has 0 unspecified atom stereocenters. The van der Waals surface area contributed by atoms with Crippen LogP contribution >= 0.6 is 0 Å². The van der Waals surface area contributed by atoms with Crippen LogP contribution in [-0.2, 0) is 0 Å². The van der Waals surface area contributed by atoms with Gasteiger partial charge in [-0.2, -0.15) is 0 Å². The highest BCUT2D eigenvalue weighted by Crippen LogP contribution is 2.00. The summed E-state index contributed by atoms with van der Waals surface area (Å²) in [7, 11) is 4.04. The standard InChI is InChI=1S/C12H28N2.C5H11N/c1-4-11-14(3)12-9-7-6-8-10-13-5-2;1-4-5(2)6-3/h13H,4-12H2,1-3H3;4H2,1-3H3. The highest BCUT2D eigenvalue weighted by Gasteiger charge is 1.95. The third-order valence-corrected chi connectivity index (χ3v) is 3.39. The van der Waals surface area contributed by atoms with Gasteiger partial charge in [-0.1, -0.05) is 33.6 Å². The van der Waals surface area contributed by atoms with Gasteiger partial charge in [0.05, 0.1) is 0 Å². The molecule has 0 rings (SSSR count). The minimum Gasteiger partial charge on any atom is -0.317 e. The maximum absolute atomic E-state index is 3.92. The van der Waals surface area contributed by atoms with E-state index in [0.29, 0.717) is 0 Å². The summed E-state index contributed by atoms with van der Waals surface area (Å²) in [5.74, 6) is 0. The molecule has 0 saturated heterocycles. The number of hydrogen-bond acceptors (Lipinski definition) is 3. The van der Waals surface area contributed by atoms with Crippen molar-refractivity contribution >= 4 is 5.71 Å². The molecule has 0 aliphatic carbocycles. The van der Waals surface area contributed by atoms with Gasteiger partial charge in [0.25, 0.3) is 0 Å². The largest absolute Gasteiger partial charge is 0.317 e. The highest BCUT2D eigenvalue weighted by molar-refractivity contribution is 5.81. The lowest BCUT2D eigenvalue weighted by Gasteiger charge is -2.14. The van der Waals surface area contributed by atoms with Gasteiger partial charge in [-0.05, 0) is 65.8 Å². The van der Waals surface area contributed by atoms with Crippen LogP contribution in [0.5, 0.6) is 0 Å². The molecule has 0 atom stereocenters. The van der Waals surface area contributed by atoms with Crippen LogP contribution in [0.4, 0.5) is 0 Å². The molecule has 122 valence electrons. The predicted molar refractivity (Wildman–Crippen MR) is 94.1 cm³/mol. The second kappa shape index (κ2) is 18.6. The Morgan fingerprint density at radius 3 is 2.10 bits per heavy atom. The Morgan fingerprint density at radius 1 is 1.00 bits per heavy atom. The van der Waals surface area contributed by atoms with E-state index in [1.807, 2.05) is 14.0 Å². The Kier molecular flexibility index (Phi) is 20.3. The summed E-state index contributed by atoms with van der Waals surface area (Å²) >= 11 is 0. The van der Waals surface area contributed by atoms with E-state index in [0.717, 1.165) is 13.0 Å². The van der Waals surface area contributed by atoms with Crippen molar-refractivity contribution in [2.24, 2.45) is 4.99 Å². The summed E-state index contributed by atoms with van der Waals surface area (Å²) in [6, 6.07) is 0. The normalized spacial score (nSPS) is 11.4. The van der Waals surface area contributed by atoms with Crippen LogP contribution in [0.2, 0.25) is 0 Å². The zero-order chi connectivity index (χ0) is 15.6. The molecule has 0 radical (unpaired) electrons. The van der Waals surface area contributed by atoms with E-state index in [4.69, 9.17) is 0 Å². The molecule has 3 nitrogen and oxygen atoms in total. The fourth-order valence-corrected chi connectivity index (χ4v) is 1.81. The van der Waals surface area contributed by atoms with Gasteiger partial charge in [0, 0.05) is 12.8 Å². The van der Waals surface area contributed by atoms with Gasteiger partial charge in [0.2, 0.25) is 0 Å². The fraction of sp³-hybridized carbons (Fsp3) is 0.941. The Balaban J connectivity index is 0. The molecular formula is C17H39N3. The van der Waals surface area contributed by atoms with Crippen LogP contribution in [-0.4, -0.2) is 50.9 Å². The van der Waals surface area contributed by atoms with Crippen molar-refractivity contribution in [2.75, 3.05) is 40.3 Å². The Hall–Kier alpha value is -0.410. The molecule has 1 N–H and O–H groups in total. The molecule has 0 heterocycles. The molecular weight excluding hydrogens is 246 g/mol. The predicted octanol–water partition coefficient (Wildman–Crippen LogP) is 3.99. The number of hydrogen-bond donors (Lipinski definition) is 1. The number of aliphatic imine (C=N–C) groups is 1. The molecule has 0 fully saturated rings. The van der Waals surface area contributed by atoms with Gasteiger partial charge < -0.3 is 10.2 Å². The summed E-state index contributed by atoms with van der Waals surface area (Å²) in [6.45, 7) is 13.4. The minimum atomic E-state index is 1.08. The third kappa shape index (κ3) is 19.9. The topological polar surface area (TPSA) is 27.6 Å². The van der Waals surface area contributed by atoms with Gasteiger partial charge in [0.1, 0.15) is 0 Å². The summed E-state index contributed by atoms with van der Waals surface area (Å²) < 4.78 is 0. The maximum atomic E-state index is 3.92. The SMILES string of the molecule is CCC(C)=NC.CCCN(C)CCCCCCNCC. The zero-order valence-corrected chi connectivity index (χ0v) is 15.0. The second-order valence-corrected chi connectivity index (χ2v) is 5.38. The van der Waals surface area contributed by atoms with E-state index >= 15 is 0 Å².